The maximum Gasteiger partial charge on any atom is 0.233 e. The van der Waals surface area contributed by atoms with E-state index in [1.807, 2.05) is 41.5 Å². The summed E-state index contributed by atoms with van der Waals surface area (Å²) in [5.41, 5.74) is 4.06. The van der Waals surface area contributed by atoms with Crippen LogP contribution in [0.1, 0.15) is 25.0 Å². The van der Waals surface area contributed by atoms with Crippen LogP contribution in [-0.2, 0) is 4.79 Å². The second-order valence-electron chi connectivity index (χ2n) is 6.50. The molecule has 0 radical (unpaired) electrons. The van der Waals surface area contributed by atoms with E-state index >= 15 is 0 Å². The molecular formula is C21H25N5OS. The Morgan fingerprint density at radius 3 is 2.54 bits per heavy atom. The van der Waals surface area contributed by atoms with Gasteiger partial charge in [-0.3, -0.25) is 14.3 Å². The minimum Gasteiger partial charge on any atom is -0.343 e. The van der Waals surface area contributed by atoms with Gasteiger partial charge in [-0.25, -0.2) is 0 Å². The molecule has 0 atom stereocenters. The summed E-state index contributed by atoms with van der Waals surface area (Å²) in [5, 5.41) is 9.46. The van der Waals surface area contributed by atoms with E-state index in [0.29, 0.717) is 29.8 Å². The molecule has 3 aromatic rings. The van der Waals surface area contributed by atoms with Crippen molar-refractivity contribution in [2.75, 3.05) is 18.8 Å². The van der Waals surface area contributed by atoms with Crippen LogP contribution >= 0.6 is 11.8 Å². The van der Waals surface area contributed by atoms with E-state index in [2.05, 4.69) is 47.2 Å². The molecule has 0 unspecified atom stereocenters. The van der Waals surface area contributed by atoms with Crippen LogP contribution in [0.3, 0.4) is 0 Å². The van der Waals surface area contributed by atoms with Gasteiger partial charge in [-0.05, 0) is 51.5 Å². The third-order valence-corrected chi connectivity index (χ3v) is 5.48. The monoisotopic (exact) mass is 395 g/mol. The number of thioether (sulfide) groups is 1. The van der Waals surface area contributed by atoms with Crippen molar-refractivity contribution in [1.29, 1.82) is 0 Å². The zero-order valence-electron chi connectivity index (χ0n) is 16.7. The molecular weight excluding hydrogens is 370 g/mol. The smallest absolute Gasteiger partial charge is 0.233 e. The molecule has 1 amide bonds. The lowest BCUT2D eigenvalue weighted by atomic mass is 10.1. The van der Waals surface area contributed by atoms with E-state index in [0.717, 1.165) is 16.9 Å². The first-order chi connectivity index (χ1) is 13.5. The minimum absolute atomic E-state index is 0.101. The Hall–Kier alpha value is -2.67. The Morgan fingerprint density at radius 1 is 1.11 bits per heavy atom. The van der Waals surface area contributed by atoms with Crippen molar-refractivity contribution in [1.82, 2.24) is 24.6 Å². The van der Waals surface area contributed by atoms with Crippen molar-refractivity contribution < 1.29 is 4.79 Å². The quantitative estimate of drug-likeness (QED) is 0.568. The van der Waals surface area contributed by atoms with Gasteiger partial charge in [0.15, 0.2) is 11.0 Å². The summed E-state index contributed by atoms with van der Waals surface area (Å²) in [5.74, 6) is 1.10. The third-order valence-electron chi connectivity index (χ3n) is 4.56. The number of benzene rings is 1. The molecule has 7 heteroatoms. The average molecular weight is 396 g/mol. The molecule has 28 heavy (non-hydrogen) atoms. The number of nitrogens with zero attached hydrogens (tertiary/aromatic N) is 5. The Balaban J connectivity index is 2.01. The van der Waals surface area contributed by atoms with Crippen molar-refractivity contribution in [2.24, 2.45) is 0 Å². The molecule has 1 aromatic carbocycles. The number of aryl methyl sites for hydroxylation is 2. The van der Waals surface area contributed by atoms with E-state index in [9.17, 15) is 4.79 Å². The van der Waals surface area contributed by atoms with E-state index in [1.54, 1.807) is 6.20 Å². The van der Waals surface area contributed by atoms with Crippen LogP contribution in [0.15, 0.2) is 47.8 Å². The number of carbonyl (C=O) groups is 1. The predicted molar refractivity (Wildman–Crippen MR) is 113 cm³/mol. The van der Waals surface area contributed by atoms with Gasteiger partial charge in [-0.1, -0.05) is 35.5 Å². The molecule has 6 nitrogen and oxygen atoms in total. The molecule has 0 aliphatic heterocycles. The molecule has 2 aromatic heterocycles. The molecule has 0 bridgehead atoms. The number of carbonyl (C=O) groups excluding carboxylic acids is 1. The number of hydrogen-bond donors (Lipinski definition) is 0. The highest BCUT2D eigenvalue weighted by Crippen LogP contribution is 2.29. The fraction of sp³-hybridized carbons (Fsp3) is 0.333. The Labute approximate surface area is 170 Å². The van der Waals surface area contributed by atoms with E-state index in [-0.39, 0.29) is 5.91 Å². The fourth-order valence-electron chi connectivity index (χ4n) is 3.09. The van der Waals surface area contributed by atoms with Crippen molar-refractivity contribution in [3.63, 3.8) is 0 Å². The number of rotatable bonds is 7. The number of aromatic nitrogens is 4. The van der Waals surface area contributed by atoms with E-state index in [1.165, 1.54) is 17.3 Å². The third kappa shape index (κ3) is 4.25. The molecule has 0 aliphatic rings. The number of amides is 1. The van der Waals surface area contributed by atoms with Gasteiger partial charge in [0.05, 0.1) is 11.4 Å². The van der Waals surface area contributed by atoms with Crippen molar-refractivity contribution in [3.8, 4) is 17.2 Å². The summed E-state index contributed by atoms with van der Waals surface area (Å²) in [6, 6.07) is 12.0. The number of pyridine rings is 1. The van der Waals surface area contributed by atoms with Crippen molar-refractivity contribution in [3.05, 3.63) is 53.7 Å². The van der Waals surface area contributed by atoms with Crippen LogP contribution in [0.25, 0.3) is 17.2 Å². The maximum atomic E-state index is 12.5. The zero-order chi connectivity index (χ0) is 20.1. The molecule has 0 saturated carbocycles. The normalized spacial score (nSPS) is 10.9. The van der Waals surface area contributed by atoms with Gasteiger partial charge in [-0.15, -0.1) is 10.2 Å². The molecule has 0 fully saturated rings. The molecule has 0 N–H and O–H groups in total. The SMILES string of the molecule is CCN(CC)C(=O)CSc1nnc(-c2ccccn2)n1-c1ccc(C)cc1C. The predicted octanol–water partition coefficient (Wildman–Crippen LogP) is 3.91. The zero-order valence-corrected chi connectivity index (χ0v) is 17.5. The summed E-state index contributed by atoms with van der Waals surface area (Å²) >= 11 is 1.41. The van der Waals surface area contributed by atoms with Crippen LogP contribution in [0, 0.1) is 13.8 Å². The van der Waals surface area contributed by atoms with Gasteiger partial charge in [0.25, 0.3) is 0 Å². The summed E-state index contributed by atoms with van der Waals surface area (Å²) in [7, 11) is 0. The second kappa shape index (κ2) is 9.01. The van der Waals surface area contributed by atoms with Gasteiger partial charge >= 0.3 is 0 Å². The lowest BCUT2D eigenvalue weighted by Crippen LogP contribution is -2.31. The van der Waals surface area contributed by atoms with Crippen LogP contribution < -0.4 is 0 Å². The lowest BCUT2D eigenvalue weighted by molar-refractivity contribution is -0.127. The first kappa shape index (κ1) is 20.1. The second-order valence-corrected chi connectivity index (χ2v) is 7.44. The summed E-state index contributed by atoms with van der Waals surface area (Å²) in [6.07, 6.45) is 1.74. The molecule has 0 saturated heterocycles. The molecule has 0 spiro atoms. The Kier molecular flexibility index (Phi) is 6.46. The topological polar surface area (TPSA) is 63.9 Å². The maximum absolute atomic E-state index is 12.5. The largest absolute Gasteiger partial charge is 0.343 e. The van der Waals surface area contributed by atoms with Gasteiger partial charge in [0, 0.05) is 19.3 Å². The van der Waals surface area contributed by atoms with Gasteiger partial charge < -0.3 is 4.90 Å². The molecule has 146 valence electrons. The van der Waals surface area contributed by atoms with E-state index < -0.39 is 0 Å². The highest BCUT2D eigenvalue weighted by molar-refractivity contribution is 7.99. The lowest BCUT2D eigenvalue weighted by Gasteiger charge is -2.18. The molecule has 3 rings (SSSR count). The first-order valence-electron chi connectivity index (χ1n) is 9.40. The van der Waals surface area contributed by atoms with Gasteiger partial charge in [0.2, 0.25) is 5.91 Å². The standard InChI is InChI=1S/C21H25N5OS/c1-5-25(6-2)19(27)14-28-21-24-23-20(17-9-7-8-12-22-17)26(21)18-11-10-15(3)13-16(18)4/h7-13H,5-6,14H2,1-4H3. The van der Waals surface area contributed by atoms with Crippen LogP contribution in [0.2, 0.25) is 0 Å². The summed E-state index contributed by atoms with van der Waals surface area (Å²) in [6.45, 7) is 9.53. The first-order valence-corrected chi connectivity index (χ1v) is 10.4. The van der Waals surface area contributed by atoms with Crippen molar-refractivity contribution >= 4 is 17.7 Å². The van der Waals surface area contributed by atoms with Crippen LogP contribution in [-0.4, -0.2) is 49.4 Å². The Bertz CT molecular complexity index is 951. The highest BCUT2D eigenvalue weighted by atomic mass is 32.2. The highest BCUT2D eigenvalue weighted by Gasteiger charge is 2.20. The minimum atomic E-state index is 0.101. The fourth-order valence-corrected chi connectivity index (χ4v) is 3.94. The summed E-state index contributed by atoms with van der Waals surface area (Å²) < 4.78 is 2.00. The van der Waals surface area contributed by atoms with Crippen LogP contribution in [0.4, 0.5) is 0 Å². The van der Waals surface area contributed by atoms with Gasteiger partial charge in [-0.2, -0.15) is 0 Å². The summed E-state index contributed by atoms with van der Waals surface area (Å²) in [4.78, 5) is 18.7. The van der Waals surface area contributed by atoms with E-state index in [4.69, 9.17) is 0 Å². The van der Waals surface area contributed by atoms with Crippen LogP contribution in [0.5, 0.6) is 0 Å². The number of hydrogen-bond acceptors (Lipinski definition) is 5. The Morgan fingerprint density at radius 2 is 1.89 bits per heavy atom. The average Bonchev–Trinajstić information content (AvgIpc) is 3.11. The molecule has 2 heterocycles. The molecule has 0 aliphatic carbocycles. The van der Waals surface area contributed by atoms with Crippen molar-refractivity contribution in [2.45, 2.75) is 32.9 Å². The van der Waals surface area contributed by atoms with Gasteiger partial charge in [0.1, 0.15) is 5.69 Å².